The van der Waals surface area contributed by atoms with Crippen LogP contribution in [0, 0.1) is 5.92 Å². The van der Waals surface area contributed by atoms with E-state index >= 15 is 0 Å². The van der Waals surface area contributed by atoms with Gasteiger partial charge in [-0.2, -0.15) is 0 Å². The minimum absolute atomic E-state index is 0.453. The average molecular weight is 188 g/mol. The Morgan fingerprint density at radius 3 is 1.92 bits per heavy atom. The van der Waals surface area contributed by atoms with Crippen molar-refractivity contribution in [2.45, 2.75) is 39.2 Å². The van der Waals surface area contributed by atoms with E-state index in [9.17, 15) is 4.79 Å². The van der Waals surface area contributed by atoms with Crippen molar-refractivity contribution in [3.05, 3.63) is 0 Å². The zero-order valence-electron chi connectivity index (χ0n) is 8.67. The summed E-state index contributed by atoms with van der Waals surface area (Å²) in [5, 5.41) is 0. The zero-order chi connectivity index (χ0) is 10.5. The molecule has 4 N–H and O–H groups in total. The Kier molecular flexibility index (Phi) is 4.77. The van der Waals surface area contributed by atoms with Gasteiger partial charge in [0, 0.05) is 0 Å². The lowest BCUT2D eigenvalue weighted by Crippen LogP contribution is -2.27. The average Bonchev–Trinajstić information content (AvgIpc) is 2.62. The fraction of sp³-hybridized carbons (Fsp3) is 0.889. The lowest BCUT2D eigenvalue weighted by Gasteiger charge is -2.16. The second-order valence-corrected chi connectivity index (χ2v) is 4.21. The van der Waals surface area contributed by atoms with Crippen molar-refractivity contribution in [3.8, 4) is 0 Å². The van der Waals surface area contributed by atoms with Gasteiger partial charge in [0.05, 0.1) is 0 Å². The summed E-state index contributed by atoms with van der Waals surface area (Å²) < 4.78 is 4.58. The highest BCUT2D eigenvalue weighted by Crippen LogP contribution is 2.26. The second-order valence-electron chi connectivity index (χ2n) is 4.21. The first kappa shape index (κ1) is 12.2. The number of hydrogen-bond acceptors (Lipinski definition) is 3. The number of ether oxygens (including phenoxy) is 1. The van der Waals surface area contributed by atoms with Gasteiger partial charge >= 0.3 is 6.09 Å². The van der Waals surface area contributed by atoms with Crippen molar-refractivity contribution < 1.29 is 9.53 Å². The van der Waals surface area contributed by atoms with Gasteiger partial charge < -0.3 is 16.2 Å². The summed E-state index contributed by atoms with van der Waals surface area (Å²) in [7, 11) is 0. The molecule has 1 aliphatic carbocycles. The molecule has 0 aromatic rings. The minimum Gasteiger partial charge on any atom is -0.444 e. The molecule has 0 aliphatic heterocycles. The van der Waals surface area contributed by atoms with Gasteiger partial charge in [-0.15, -0.1) is 0 Å². The van der Waals surface area contributed by atoms with Crippen LogP contribution < -0.4 is 11.5 Å². The second kappa shape index (κ2) is 5.07. The van der Waals surface area contributed by atoms with Crippen molar-refractivity contribution in [1.29, 1.82) is 0 Å². The van der Waals surface area contributed by atoms with E-state index in [-0.39, 0.29) is 0 Å². The predicted octanol–water partition coefficient (Wildman–Crippen LogP) is 1.24. The van der Waals surface area contributed by atoms with Gasteiger partial charge in [0.25, 0.3) is 0 Å². The quantitative estimate of drug-likeness (QED) is 0.649. The molecule has 4 nitrogen and oxygen atoms in total. The highest BCUT2D eigenvalue weighted by molar-refractivity contribution is 5.65. The first-order valence-electron chi connectivity index (χ1n) is 4.53. The van der Waals surface area contributed by atoms with E-state index in [2.05, 4.69) is 4.74 Å². The molecule has 13 heavy (non-hydrogen) atoms. The Hall–Kier alpha value is -0.770. The van der Waals surface area contributed by atoms with Crippen LogP contribution in [0.4, 0.5) is 4.79 Å². The van der Waals surface area contributed by atoms with Crippen molar-refractivity contribution >= 4 is 6.09 Å². The standard InChI is InChI=1S/C5H11NO2.C4H9N/c1-5(2,3)8-4(6)7;5-3-4-1-2-4/h1-3H3,(H2,6,7);4H,1-3,5H2. The maximum absolute atomic E-state index is 10.0. The topological polar surface area (TPSA) is 78.3 Å². The highest BCUT2D eigenvalue weighted by Gasteiger charge is 2.17. The number of rotatable bonds is 1. The number of amides is 1. The van der Waals surface area contributed by atoms with Crippen LogP contribution in [0.3, 0.4) is 0 Å². The maximum atomic E-state index is 10.0. The summed E-state index contributed by atoms with van der Waals surface area (Å²) in [6.45, 7) is 6.20. The lowest BCUT2D eigenvalue weighted by molar-refractivity contribution is 0.0600. The van der Waals surface area contributed by atoms with Gasteiger partial charge in [0.15, 0.2) is 0 Å². The Bertz CT molecular complexity index is 159. The summed E-state index contributed by atoms with van der Waals surface area (Å²) in [6.07, 6.45) is 2.05. The molecule has 0 radical (unpaired) electrons. The number of carbonyl (C=O) groups is 1. The van der Waals surface area contributed by atoms with Crippen LogP contribution in [0.1, 0.15) is 33.6 Å². The Labute approximate surface area is 79.6 Å². The molecule has 1 rings (SSSR count). The largest absolute Gasteiger partial charge is 0.444 e. The van der Waals surface area contributed by atoms with Crippen LogP contribution in [0.15, 0.2) is 0 Å². The molecule has 0 aromatic carbocycles. The fourth-order valence-corrected chi connectivity index (χ4v) is 0.655. The first-order valence-corrected chi connectivity index (χ1v) is 4.53. The molecular weight excluding hydrogens is 168 g/mol. The molecule has 4 heteroatoms. The lowest BCUT2D eigenvalue weighted by atomic mass is 10.2. The molecular formula is C9H20N2O2. The Balaban J connectivity index is 0.000000243. The monoisotopic (exact) mass is 188 g/mol. The van der Waals surface area contributed by atoms with Crippen LogP contribution in [-0.2, 0) is 4.74 Å². The van der Waals surface area contributed by atoms with Gasteiger partial charge in [-0.25, -0.2) is 4.79 Å². The summed E-state index contributed by atoms with van der Waals surface area (Å²) >= 11 is 0. The SMILES string of the molecule is CC(C)(C)OC(N)=O.NCC1CC1. The molecule has 0 atom stereocenters. The Morgan fingerprint density at radius 1 is 1.46 bits per heavy atom. The molecule has 0 aromatic heterocycles. The van der Waals surface area contributed by atoms with Gasteiger partial charge in [-0.3, -0.25) is 0 Å². The molecule has 0 saturated heterocycles. The van der Waals surface area contributed by atoms with Crippen molar-refractivity contribution in [3.63, 3.8) is 0 Å². The van der Waals surface area contributed by atoms with Crippen LogP contribution >= 0.6 is 0 Å². The van der Waals surface area contributed by atoms with Crippen LogP contribution in [0.2, 0.25) is 0 Å². The van der Waals surface area contributed by atoms with E-state index in [0.29, 0.717) is 0 Å². The van der Waals surface area contributed by atoms with E-state index in [1.807, 2.05) is 0 Å². The molecule has 0 bridgehead atoms. The van der Waals surface area contributed by atoms with Gasteiger partial charge in [0.2, 0.25) is 0 Å². The van der Waals surface area contributed by atoms with E-state index in [1.54, 1.807) is 20.8 Å². The molecule has 1 amide bonds. The van der Waals surface area contributed by atoms with Crippen LogP contribution in [0.5, 0.6) is 0 Å². The van der Waals surface area contributed by atoms with Gasteiger partial charge in [-0.1, -0.05) is 0 Å². The predicted molar refractivity (Wildman–Crippen MR) is 52.2 cm³/mol. The van der Waals surface area contributed by atoms with Crippen molar-refractivity contribution in [2.24, 2.45) is 17.4 Å². The number of carbonyl (C=O) groups excluding carboxylic acids is 1. The van der Waals surface area contributed by atoms with Gasteiger partial charge in [-0.05, 0) is 46.1 Å². The summed E-state index contributed by atoms with van der Waals surface area (Å²) in [5.41, 5.74) is 9.50. The van der Waals surface area contributed by atoms with Crippen molar-refractivity contribution in [1.82, 2.24) is 0 Å². The summed E-state index contributed by atoms with van der Waals surface area (Å²) in [5.74, 6) is 0.912. The third kappa shape index (κ3) is 11.2. The van der Waals surface area contributed by atoms with E-state index in [1.165, 1.54) is 12.8 Å². The zero-order valence-corrected chi connectivity index (χ0v) is 8.67. The molecule has 1 saturated carbocycles. The smallest absolute Gasteiger partial charge is 0.405 e. The van der Waals surface area contributed by atoms with E-state index in [4.69, 9.17) is 11.5 Å². The van der Waals surface area contributed by atoms with Gasteiger partial charge in [0.1, 0.15) is 5.60 Å². The van der Waals surface area contributed by atoms with E-state index < -0.39 is 11.7 Å². The highest BCUT2D eigenvalue weighted by atomic mass is 16.6. The third-order valence-electron chi connectivity index (χ3n) is 1.44. The van der Waals surface area contributed by atoms with Crippen molar-refractivity contribution in [2.75, 3.05) is 6.54 Å². The number of primary amides is 1. The number of hydrogen-bond donors (Lipinski definition) is 2. The van der Waals surface area contributed by atoms with E-state index in [0.717, 1.165) is 12.5 Å². The van der Waals surface area contributed by atoms with Crippen LogP contribution in [0.25, 0.3) is 0 Å². The maximum Gasteiger partial charge on any atom is 0.405 e. The summed E-state index contributed by atoms with van der Waals surface area (Å²) in [6, 6.07) is 0. The normalized spacial score (nSPS) is 15.7. The third-order valence-corrected chi connectivity index (χ3v) is 1.44. The minimum atomic E-state index is -0.725. The summed E-state index contributed by atoms with van der Waals surface area (Å²) in [4.78, 5) is 10.0. The van der Waals surface area contributed by atoms with Crippen LogP contribution in [-0.4, -0.2) is 18.2 Å². The molecule has 0 heterocycles. The molecule has 0 unspecified atom stereocenters. The number of nitrogens with two attached hydrogens (primary N) is 2. The molecule has 0 spiro atoms. The molecule has 1 aliphatic rings. The molecule has 1 fully saturated rings. The molecule has 78 valence electrons. The first-order chi connectivity index (χ1) is 5.85. The Morgan fingerprint density at radius 2 is 1.92 bits per heavy atom. The fourth-order valence-electron chi connectivity index (χ4n) is 0.655.